The molecule has 1 heterocycles. The lowest BCUT2D eigenvalue weighted by atomic mass is 9.90. The Bertz CT molecular complexity index is 447. The molecule has 1 atom stereocenters. The Balaban J connectivity index is 2.12. The van der Waals surface area contributed by atoms with Gasteiger partial charge in [0.2, 0.25) is 0 Å². The van der Waals surface area contributed by atoms with Gasteiger partial charge in [-0.1, -0.05) is 11.6 Å². The molecule has 4 nitrogen and oxygen atoms in total. The van der Waals surface area contributed by atoms with Crippen LogP contribution in [0.25, 0.3) is 0 Å². The van der Waals surface area contributed by atoms with Gasteiger partial charge >= 0.3 is 0 Å². The van der Waals surface area contributed by atoms with Crippen LogP contribution in [0.4, 0.5) is 0 Å². The predicted molar refractivity (Wildman–Crippen MR) is 79.6 cm³/mol. The highest BCUT2D eigenvalue weighted by molar-refractivity contribution is 6.32. The van der Waals surface area contributed by atoms with Crippen LogP contribution in [0, 0.1) is 5.92 Å². The van der Waals surface area contributed by atoms with E-state index in [9.17, 15) is 0 Å². The second-order valence-electron chi connectivity index (χ2n) is 5.14. The Kier molecular flexibility index (Phi) is 5.52. The Morgan fingerprint density at radius 2 is 2.00 bits per heavy atom. The molecule has 2 rings (SSSR count). The molecule has 1 saturated heterocycles. The first-order chi connectivity index (χ1) is 9.65. The molecule has 20 heavy (non-hydrogen) atoms. The summed E-state index contributed by atoms with van der Waals surface area (Å²) in [6.07, 6.45) is 3.10. The van der Waals surface area contributed by atoms with Gasteiger partial charge in [0.15, 0.2) is 11.5 Å². The number of ether oxygens (including phenoxy) is 3. The van der Waals surface area contributed by atoms with Crippen molar-refractivity contribution in [2.24, 2.45) is 11.7 Å². The largest absolute Gasteiger partial charge is 0.493 e. The molecule has 0 amide bonds. The summed E-state index contributed by atoms with van der Waals surface area (Å²) in [7, 11) is 3.17. The van der Waals surface area contributed by atoms with Crippen molar-refractivity contribution in [2.45, 2.75) is 25.3 Å². The summed E-state index contributed by atoms with van der Waals surface area (Å²) >= 11 is 6.22. The lowest BCUT2D eigenvalue weighted by Crippen LogP contribution is -2.21. The van der Waals surface area contributed by atoms with Crippen molar-refractivity contribution in [3.05, 3.63) is 22.7 Å². The van der Waals surface area contributed by atoms with Crippen LogP contribution in [0.15, 0.2) is 12.1 Å². The fourth-order valence-corrected chi connectivity index (χ4v) is 2.93. The van der Waals surface area contributed by atoms with Gasteiger partial charge in [-0.05, 0) is 42.9 Å². The standard InChI is InChI=1S/C15H22ClNO3/c1-18-14-9-11(8-12(16)15(14)19-2)13(17)7-10-3-5-20-6-4-10/h8-10,13H,3-7,17H2,1-2H3. The van der Waals surface area contributed by atoms with E-state index in [1.165, 1.54) is 0 Å². The fourth-order valence-electron chi connectivity index (χ4n) is 2.63. The number of halogens is 1. The molecule has 0 spiro atoms. The molecule has 0 saturated carbocycles. The first-order valence-corrected chi connectivity index (χ1v) is 7.28. The molecule has 2 N–H and O–H groups in total. The summed E-state index contributed by atoms with van der Waals surface area (Å²) in [5.74, 6) is 1.79. The Morgan fingerprint density at radius 1 is 1.30 bits per heavy atom. The quantitative estimate of drug-likeness (QED) is 0.907. The van der Waals surface area contributed by atoms with Gasteiger partial charge in [-0.25, -0.2) is 0 Å². The molecular formula is C15H22ClNO3. The molecule has 0 radical (unpaired) electrons. The molecule has 1 aromatic rings. The second-order valence-corrected chi connectivity index (χ2v) is 5.54. The molecule has 5 heteroatoms. The molecular weight excluding hydrogens is 278 g/mol. The summed E-state index contributed by atoms with van der Waals surface area (Å²) in [5.41, 5.74) is 7.30. The molecule has 112 valence electrons. The summed E-state index contributed by atoms with van der Waals surface area (Å²) in [6.45, 7) is 1.67. The van der Waals surface area contributed by atoms with E-state index in [4.69, 9.17) is 31.5 Å². The maximum Gasteiger partial charge on any atom is 0.179 e. The van der Waals surface area contributed by atoms with Crippen molar-refractivity contribution in [3.63, 3.8) is 0 Å². The molecule has 1 aliphatic heterocycles. The molecule has 1 aliphatic rings. The first-order valence-electron chi connectivity index (χ1n) is 6.90. The summed E-state index contributed by atoms with van der Waals surface area (Å²) in [6, 6.07) is 3.73. The maximum atomic E-state index is 6.31. The van der Waals surface area contributed by atoms with Gasteiger partial charge < -0.3 is 19.9 Å². The second kappa shape index (κ2) is 7.16. The third-order valence-corrected chi connectivity index (χ3v) is 4.09. The van der Waals surface area contributed by atoms with E-state index < -0.39 is 0 Å². The van der Waals surface area contributed by atoms with Gasteiger partial charge in [0.05, 0.1) is 19.2 Å². The zero-order valence-corrected chi connectivity index (χ0v) is 12.8. The minimum atomic E-state index is -0.0459. The number of nitrogens with two attached hydrogens (primary N) is 1. The van der Waals surface area contributed by atoms with E-state index in [0.29, 0.717) is 22.4 Å². The Hall–Kier alpha value is -0.970. The molecule has 0 bridgehead atoms. The predicted octanol–water partition coefficient (Wildman–Crippen LogP) is 3.17. The van der Waals surface area contributed by atoms with E-state index in [2.05, 4.69) is 0 Å². The zero-order chi connectivity index (χ0) is 14.5. The average Bonchev–Trinajstić information content (AvgIpc) is 2.47. The van der Waals surface area contributed by atoms with Crippen molar-refractivity contribution < 1.29 is 14.2 Å². The van der Waals surface area contributed by atoms with Crippen LogP contribution in [0.5, 0.6) is 11.5 Å². The van der Waals surface area contributed by atoms with E-state index in [-0.39, 0.29) is 6.04 Å². The highest BCUT2D eigenvalue weighted by Crippen LogP contribution is 2.38. The monoisotopic (exact) mass is 299 g/mol. The van der Waals surface area contributed by atoms with E-state index in [1.54, 1.807) is 14.2 Å². The fraction of sp³-hybridized carbons (Fsp3) is 0.600. The molecule has 0 aromatic heterocycles. The van der Waals surface area contributed by atoms with Gasteiger partial charge in [0.1, 0.15) is 0 Å². The number of benzene rings is 1. The number of hydrogen-bond acceptors (Lipinski definition) is 4. The SMILES string of the molecule is COc1cc(C(N)CC2CCOCC2)cc(Cl)c1OC. The van der Waals surface area contributed by atoms with Gasteiger partial charge in [-0.2, -0.15) is 0 Å². The molecule has 1 unspecified atom stereocenters. The van der Waals surface area contributed by atoms with Crippen molar-refractivity contribution in [1.82, 2.24) is 0 Å². The van der Waals surface area contributed by atoms with E-state index in [0.717, 1.165) is 38.0 Å². The maximum absolute atomic E-state index is 6.31. The van der Waals surface area contributed by atoms with Crippen LogP contribution >= 0.6 is 11.6 Å². The van der Waals surface area contributed by atoms with Gasteiger partial charge in [-0.3, -0.25) is 0 Å². The van der Waals surface area contributed by atoms with E-state index >= 15 is 0 Å². The third kappa shape index (κ3) is 3.57. The molecule has 1 fully saturated rings. The van der Waals surface area contributed by atoms with Crippen LogP contribution < -0.4 is 15.2 Å². The zero-order valence-electron chi connectivity index (χ0n) is 12.0. The van der Waals surface area contributed by atoms with Crippen molar-refractivity contribution >= 4 is 11.6 Å². The van der Waals surface area contributed by atoms with Crippen LogP contribution in [-0.4, -0.2) is 27.4 Å². The average molecular weight is 300 g/mol. The molecule has 0 aliphatic carbocycles. The Labute approximate surface area is 125 Å². The lowest BCUT2D eigenvalue weighted by Gasteiger charge is -2.25. The highest BCUT2D eigenvalue weighted by atomic mass is 35.5. The minimum Gasteiger partial charge on any atom is -0.493 e. The number of rotatable bonds is 5. The third-order valence-electron chi connectivity index (χ3n) is 3.81. The van der Waals surface area contributed by atoms with Crippen molar-refractivity contribution in [3.8, 4) is 11.5 Å². The lowest BCUT2D eigenvalue weighted by molar-refractivity contribution is 0.0618. The Morgan fingerprint density at radius 3 is 2.60 bits per heavy atom. The molecule has 1 aromatic carbocycles. The first kappa shape index (κ1) is 15.4. The van der Waals surface area contributed by atoms with Crippen LogP contribution in [-0.2, 0) is 4.74 Å². The van der Waals surface area contributed by atoms with Gasteiger partial charge in [0, 0.05) is 19.3 Å². The number of methoxy groups -OCH3 is 2. The highest BCUT2D eigenvalue weighted by Gasteiger charge is 2.20. The van der Waals surface area contributed by atoms with E-state index in [1.807, 2.05) is 12.1 Å². The van der Waals surface area contributed by atoms with Crippen LogP contribution in [0.1, 0.15) is 30.9 Å². The minimum absolute atomic E-state index is 0.0459. The number of hydrogen-bond donors (Lipinski definition) is 1. The summed E-state index contributed by atoms with van der Waals surface area (Å²) in [5, 5.41) is 0.532. The van der Waals surface area contributed by atoms with Crippen molar-refractivity contribution in [1.29, 1.82) is 0 Å². The topological polar surface area (TPSA) is 53.7 Å². The van der Waals surface area contributed by atoms with Crippen LogP contribution in [0.3, 0.4) is 0 Å². The summed E-state index contributed by atoms with van der Waals surface area (Å²) < 4.78 is 15.9. The smallest absolute Gasteiger partial charge is 0.179 e. The van der Waals surface area contributed by atoms with Crippen molar-refractivity contribution in [2.75, 3.05) is 27.4 Å². The van der Waals surface area contributed by atoms with Gasteiger partial charge in [-0.15, -0.1) is 0 Å². The van der Waals surface area contributed by atoms with Crippen LogP contribution in [0.2, 0.25) is 5.02 Å². The normalized spacial score (nSPS) is 17.8. The van der Waals surface area contributed by atoms with Gasteiger partial charge in [0.25, 0.3) is 0 Å². The summed E-state index contributed by atoms with van der Waals surface area (Å²) in [4.78, 5) is 0.